The summed E-state index contributed by atoms with van der Waals surface area (Å²) in [6.07, 6.45) is -0.785. The number of benzene rings is 3. The summed E-state index contributed by atoms with van der Waals surface area (Å²) in [7, 11) is -3.59. The average molecular weight is 410 g/mol. The topological polar surface area (TPSA) is 95.5 Å². The Morgan fingerprint density at radius 1 is 0.862 bits per heavy atom. The number of carbonyl (C=O) groups excluding carboxylic acids is 1. The lowest BCUT2D eigenvalue weighted by Gasteiger charge is -2.12. The van der Waals surface area contributed by atoms with Crippen molar-refractivity contribution in [2.45, 2.75) is 17.5 Å². The van der Waals surface area contributed by atoms with Gasteiger partial charge in [0.2, 0.25) is 10.0 Å². The first-order valence-corrected chi connectivity index (χ1v) is 10.6. The Labute approximate surface area is 170 Å². The SMILES string of the molecule is O=C(NC[C@H](O)c1ccccc1)c1ccc(CNS(=O)(=O)c2ccccc2)cc1. The van der Waals surface area contributed by atoms with Gasteiger partial charge in [-0.05, 0) is 35.4 Å². The van der Waals surface area contributed by atoms with Gasteiger partial charge in [0.05, 0.1) is 11.0 Å². The molecule has 1 atom stereocenters. The highest BCUT2D eigenvalue weighted by Gasteiger charge is 2.13. The van der Waals surface area contributed by atoms with Crippen molar-refractivity contribution in [3.05, 3.63) is 102 Å². The van der Waals surface area contributed by atoms with Crippen molar-refractivity contribution in [2.24, 2.45) is 0 Å². The zero-order valence-electron chi connectivity index (χ0n) is 15.7. The van der Waals surface area contributed by atoms with Crippen LogP contribution in [0.4, 0.5) is 0 Å². The fraction of sp³-hybridized carbons (Fsp3) is 0.136. The molecule has 29 heavy (non-hydrogen) atoms. The summed E-state index contributed by atoms with van der Waals surface area (Å²) < 4.78 is 27.0. The van der Waals surface area contributed by atoms with Crippen LogP contribution in [0.5, 0.6) is 0 Å². The van der Waals surface area contributed by atoms with Gasteiger partial charge in [-0.25, -0.2) is 13.1 Å². The second-order valence-electron chi connectivity index (χ2n) is 6.47. The smallest absolute Gasteiger partial charge is 0.251 e. The van der Waals surface area contributed by atoms with Crippen molar-refractivity contribution < 1.29 is 18.3 Å². The van der Waals surface area contributed by atoms with Crippen molar-refractivity contribution in [3.63, 3.8) is 0 Å². The largest absolute Gasteiger partial charge is 0.387 e. The summed E-state index contributed by atoms with van der Waals surface area (Å²) in [5.74, 6) is -0.309. The van der Waals surface area contributed by atoms with Crippen LogP contribution in [0, 0.1) is 0 Å². The molecule has 3 N–H and O–H groups in total. The van der Waals surface area contributed by atoms with Crippen LogP contribution in [0.25, 0.3) is 0 Å². The minimum atomic E-state index is -3.59. The molecule has 0 unspecified atom stereocenters. The van der Waals surface area contributed by atoms with Gasteiger partial charge < -0.3 is 10.4 Å². The number of sulfonamides is 1. The van der Waals surface area contributed by atoms with Gasteiger partial charge in [-0.2, -0.15) is 0 Å². The predicted molar refractivity (Wildman–Crippen MR) is 111 cm³/mol. The van der Waals surface area contributed by atoms with E-state index < -0.39 is 16.1 Å². The molecule has 6 nitrogen and oxygen atoms in total. The molecule has 3 aromatic rings. The van der Waals surface area contributed by atoms with E-state index in [1.165, 1.54) is 12.1 Å². The molecule has 0 spiro atoms. The van der Waals surface area contributed by atoms with Crippen molar-refractivity contribution in [1.82, 2.24) is 10.0 Å². The Morgan fingerprint density at radius 3 is 2.07 bits per heavy atom. The Balaban J connectivity index is 1.53. The van der Waals surface area contributed by atoms with E-state index in [1.54, 1.807) is 54.6 Å². The lowest BCUT2D eigenvalue weighted by atomic mass is 10.1. The third kappa shape index (κ3) is 5.74. The molecule has 3 aromatic carbocycles. The molecule has 7 heteroatoms. The predicted octanol–water partition coefficient (Wildman–Crippen LogP) is 2.63. The van der Waals surface area contributed by atoms with E-state index >= 15 is 0 Å². The molecule has 0 aromatic heterocycles. The maximum atomic E-state index is 12.3. The van der Waals surface area contributed by atoms with Crippen molar-refractivity contribution in [2.75, 3.05) is 6.54 Å². The lowest BCUT2D eigenvalue weighted by molar-refractivity contribution is 0.0916. The van der Waals surface area contributed by atoms with Crippen LogP contribution in [-0.4, -0.2) is 26.0 Å². The zero-order valence-corrected chi connectivity index (χ0v) is 16.5. The molecule has 0 aliphatic carbocycles. The second-order valence-corrected chi connectivity index (χ2v) is 8.24. The average Bonchev–Trinajstić information content (AvgIpc) is 2.77. The van der Waals surface area contributed by atoms with Crippen molar-refractivity contribution in [3.8, 4) is 0 Å². The molecule has 150 valence electrons. The number of rotatable bonds is 8. The quantitative estimate of drug-likeness (QED) is 0.532. The van der Waals surface area contributed by atoms with E-state index in [0.29, 0.717) is 5.56 Å². The van der Waals surface area contributed by atoms with Crippen LogP contribution >= 0.6 is 0 Å². The molecule has 3 rings (SSSR count). The van der Waals surface area contributed by atoms with Crippen LogP contribution in [0.3, 0.4) is 0 Å². The number of aliphatic hydroxyl groups is 1. The highest BCUT2D eigenvalue weighted by molar-refractivity contribution is 7.89. The minimum absolute atomic E-state index is 0.0987. The summed E-state index contributed by atoms with van der Waals surface area (Å²) in [6, 6.07) is 23.9. The molecule has 0 aliphatic heterocycles. The van der Waals surface area contributed by atoms with Gasteiger partial charge in [-0.15, -0.1) is 0 Å². The van der Waals surface area contributed by atoms with Crippen LogP contribution in [0.1, 0.15) is 27.6 Å². The van der Waals surface area contributed by atoms with E-state index in [4.69, 9.17) is 0 Å². The fourth-order valence-corrected chi connectivity index (χ4v) is 3.76. The molecular formula is C22H22N2O4S. The fourth-order valence-electron chi connectivity index (χ4n) is 2.72. The first kappa shape index (κ1) is 20.7. The van der Waals surface area contributed by atoms with Crippen LogP contribution in [-0.2, 0) is 16.6 Å². The molecule has 0 fully saturated rings. The van der Waals surface area contributed by atoms with E-state index in [9.17, 15) is 18.3 Å². The molecule has 0 radical (unpaired) electrons. The number of hydrogen-bond donors (Lipinski definition) is 3. The Hall–Kier alpha value is -3.00. The highest BCUT2D eigenvalue weighted by atomic mass is 32.2. The van der Waals surface area contributed by atoms with Gasteiger partial charge >= 0.3 is 0 Å². The van der Waals surface area contributed by atoms with E-state index in [0.717, 1.165) is 11.1 Å². The number of carbonyl (C=O) groups is 1. The van der Waals surface area contributed by atoms with E-state index in [2.05, 4.69) is 10.0 Å². The van der Waals surface area contributed by atoms with Gasteiger partial charge in [0, 0.05) is 18.7 Å². The first-order chi connectivity index (χ1) is 14.0. The summed E-state index contributed by atoms with van der Waals surface area (Å²) in [4.78, 5) is 12.5. The molecule has 0 saturated heterocycles. The first-order valence-electron chi connectivity index (χ1n) is 9.10. The summed E-state index contributed by atoms with van der Waals surface area (Å²) >= 11 is 0. The summed E-state index contributed by atoms with van der Waals surface area (Å²) in [5.41, 5.74) is 1.89. The van der Waals surface area contributed by atoms with Crippen molar-refractivity contribution >= 4 is 15.9 Å². The number of nitrogens with one attached hydrogen (secondary N) is 2. The van der Waals surface area contributed by atoms with Gasteiger partial charge in [0.25, 0.3) is 5.91 Å². The van der Waals surface area contributed by atoms with E-state index in [1.807, 2.05) is 18.2 Å². The molecule has 1 amide bonds. The lowest BCUT2D eigenvalue weighted by Crippen LogP contribution is -2.28. The molecule has 0 heterocycles. The Morgan fingerprint density at radius 2 is 1.45 bits per heavy atom. The molecule has 0 aliphatic rings. The van der Waals surface area contributed by atoms with Gasteiger partial charge in [-0.1, -0.05) is 60.7 Å². The third-order valence-electron chi connectivity index (χ3n) is 4.38. The highest BCUT2D eigenvalue weighted by Crippen LogP contribution is 2.12. The number of amides is 1. The van der Waals surface area contributed by atoms with Crippen LogP contribution in [0.15, 0.2) is 89.8 Å². The van der Waals surface area contributed by atoms with E-state index in [-0.39, 0.29) is 23.9 Å². The molecule has 0 bridgehead atoms. The number of aliphatic hydroxyl groups excluding tert-OH is 1. The Bertz CT molecular complexity index is 1040. The molecule has 0 saturated carbocycles. The van der Waals surface area contributed by atoms with Crippen LogP contribution < -0.4 is 10.0 Å². The molecular weight excluding hydrogens is 388 g/mol. The minimum Gasteiger partial charge on any atom is -0.387 e. The standard InChI is InChI=1S/C22H22N2O4S/c25-21(18-7-3-1-4-8-18)16-23-22(26)19-13-11-17(12-14-19)15-24-29(27,28)20-9-5-2-6-10-20/h1-14,21,24-25H,15-16H2,(H,23,26)/t21-/m0/s1. The maximum Gasteiger partial charge on any atom is 0.251 e. The zero-order chi connectivity index (χ0) is 20.7. The summed E-state index contributed by atoms with van der Waals surface area (Å²) in [5, 5.41) is 12.8. The second kappa shape index (κ2) is 9.47. The maximum absolute atomic E-state index is 12.3. The van der Waals surface area contributed by atoms with Gasteiger partial charge in [-0.3, -0.25) is 4.79 Å². The normalized spacial score (nSPS) is 12.3. The van der Waals surface area contributed by atoms with Gasteiger partial charge in [0.1, 0.15) is 0 Å². The van der Waals surface area contributed by atoms with Crippen molar-refractivity contribution in [1.29, 1.82) is 0 Å². The monoisotopic (exact) mass is 410 g/mol. The summed E-state index contributed by atoms with van der Waals surface area (Å²) in [6.45, 7) is 0.216. The van der Waals surface area contributed by atoms with Gasteiger partial charge in [0.15, 0.2) is 0 Å². The number of hydrogen-bond acceptors (Lipinski definition) is 4. The van der Waals surface area contributed by atoms with Crippen LogP contribution in [0.2, 0.25) is 0 Å². The Kier molecular flexibility index (Phi) is 6.77. The third-order valence-corrected chi connectivity index (χ3v) is 5.79.